The molecule has 2 aliphatic heterocycles. The molecule has 8 nitrogen and oxygen atoms in total. The molecule has 2 N–H and O–H groups in total. The van der Waals surface area contributed by atoms with E-state index in [1.165, 1.54) is 0 Å². The number of esters is 1. The number of hydrogen-bond donors (Lipinski definition) is 2. The summed E-state index contributed by atoms with van der Waals surface area (Å²) < 4.78 is 9.92. The van der Waals surface area contributed by atoms with Gasteiger partial charge in [0.2, 0.25) is 5.91 Å². The van der Waals surface area contributed by atoms with Crippen molar-refractivity contribution in [3.8, 4) is 0 Å². The number of methoxy groups -OCH3 is 1. The molecule has 116 valence electrons. The van der Waals surface area contributed by atoms with Gasteiger partial charge in [0, 0.05) is 5.41 Å². The number of β-lactam (4-membered cyclic amide) rings is 1. The van der Waals surface area contributed by atoms with Crippen molar-refractivity contribution < 1.29 is 34.1 Å². The Bertz CT molecular complexity index is 545. The van der Waals surface area contributed by atoms with E-state index in [1.807, 2.05) is 0 Å². The van der Waals surface area contributed by atoms with Gasteiger partial charge in [0.05, 0.1) is 7.11 Å². The molecule has 0 aliphatic carbocycles. The predicted octanol–water partition coefficient (Wildman–Crippen LogP) is -0.323. The van der Waals surface area contributed by atoms with Crippen LogP contribution in [0, 0.1) is 11.3 Å². The Kier molecular flexibility index (Phi) is 3.45. The number of rotatable bonds is 3. The number of fused-ring (bicyclic) bond motifs is 1. The summed E-state index contributed by atoms with van der Waals surface area (Å²) in [6, 6.07) is 0. The number of aliphatic hydroxyl groups excluding tert-OH is 1. The number of carbonyl (C=O) groups excluding carboxylic acids is 2. The van der Waals surface area contributed by atoms with Crippen molar-refractivity contribution in [2.24, 2.45) is 11.3 Å². The third kappa shape index (κ3) is 2.15. The maximum absolute atomic E-state index is 12.1. The van der Waals surface area contributed by atoms with E-state index in [2.05, 4.69) is 4.74 Å². The monoisotopic (exact) mass is 299 g/mol. The highest BCUT2D eigenvalue weighted by Gasteiger charge is 2.62. The molecule has 1 amide bonds. The lowest BCUT2D eigenvalue weighted by atomic mass is 9.89. The molecule has 0 bridgehead atoms. The predicted molar refractivity (Wildman–Crippen MR) is 67.3 cm³/mol. The van der Waals surface area contributed by atoms with E-state index in [-0.39, 0.29) is 11.5 Å². The van der Waals surface area contributed by atoms with Crippen molar-refractivity contribution in [1.29, 1.82) is 0 Å². The van der Waals surface area contributed by atoms with Crippen LogP contribution in [0.25, 0.3) is 0 Å². The largest absolute Gasteiger partial charge is 0.476 e. The molecule has 0 aromatic heterocycles. The molecule has 2 heterocycles. The highest BCUT2D eigenvalue weighted by molar-refractivity contribution is 6.00. The molecule has 1 saturated heterocycles. The van der Waals surface area contributed by atoms with E-state index in [1.54, 1.807) is 20.8 Å². The lowest BCUT2D eigenvalue weighted by Gasteiger charge is -2.42. The van der Waals surface area contributed by atoms with E-state index in [9.17, 15) is 24.6 Å². The minimum Gasteiger partial charge on any atom is -0.476 e. The average molecular weight is 299 g/mol. The van der Waals surface area contributed by atoms with Crippen LogP contribution in [-0.4, -0.2) is 52.4 Å². The number of nitrogens with zero attached hydrogens (tertiary/aromatic N) is 1. The molecule has 0 aromatic carbocycles. The molecular formula is C13H17NO7. The van der Waals surface area contributed by atoms with Gasteiger partial charge in [0.25, 0.3) is 0 Å². The minimum absolute atomic E-state index is 0.146. The zero-order chi connectivity index (χ0) is 16.1. The zero-order valence-electron chi connectivity index (χ0n) is 12.1. The van der Waals surface area contributed by atoms with Gasteiger partial charge >= 0.3 is 11.9 Å². The zero-order valence-corrected chi connectivity index (χ0v) is 12.1. The van der Waals surface area contributed by atoms with Gasteiger partial charge in [-0.2, -0.15) is 0 Å². The van der Waals surface area contributed by atoms with E-state index >= 15 is 0 Å². The lowest BCUT2D eigenvalue weighted by Crippen LogP contribution is -2.64. The van der Waals surface area contributed by atoms with Crippen LogP contribution in [0.15, 0.2) is 11.5 Å². The smallest absolute Gasteiger partial charge is 0.356 e. The molecule has 0 aromatic rings. The third-order valence-electron chi connectivity index (χ3n) is 3.45. The van der Waals surface area contributed by atoms with E-state index in [0.29, 0.717) is 0 Å². The number of carboxylic acid groups (broad SMARTS) is 1. The highest BCUT2D eigenvalue weighted by Crippen LogP contribution is 2.46. The van der Waals surface area contributed by atoms with Crippen LogP contribution < -0.4 is 0 Å². The van der Waals surface area contributed by atoms with Crippen LogP contribution in [-0.2, 0) is 23.9 Å². The summed E-state index contributed by atoms with van der Waals surface area (Å²) in [5, 5.41) is 19.1. The second-order valence-electron chi connectivity index (χ2n) is 5.94. The summed E-state index contributed by atoms with van der Waals surface area (Å²) in [5.74, 6) is -3.94. The molecule has 0 spiro atoms. The molecule has 0 radical (unpaired) electrons. The van der Waals surface area contributed by atoms with Gasteiger partial charge in [-0.1, -0.05) is 20.8 Å². The molecule has 0 unspecified atom stereocenters. The van der Waals surface area contributed by atoms with Crippen molar-refractivity contribution in [3.63, 3.8) is 0 Å². The van der Waals surface area contributed by atoms with Crippen molar-refractivity contribution >= 4 is 17.8 Å². The van der Waals surface area contributed by atoms with Gasteiger partial charge in [0.15, 0.2) is 18.0 Å². The van der Waals surface area contributed by atoms with Crippen LogP contribution in [0.2, 0.25) is 0 Å². The van der Waals surface area contributed by atoms with Crippen LogP contribution in [0.1, 0.15) is 20.8 Å². The Morgan fingerprint density at radius 3 is 2.38 bits per heavy atom. The summed E-state index contributed by atoms with van der Waals surface area (Å²) in [5.41, 5.74) is -0.877. The maximum Gasteiger partial charge on any atom is 0.356 e. The van der Waals surface area contributed by atoms with Gasteiger partial charge in [-0.25, -0.2) is 9.59 Å². The summed E-state index contributed by atoms with van der Waals surface area (Å²) in [6.07, 6.45) is -2.68. The number of aliphatic carboxylic acids is 1. The molecule has 2 aliphatic rings. The lowest BCUT2D eigenvalue weighted by molar-refractivity contribution is -0.192. The molecule has 8 heteroatoms. The highest BCUT2D eigenvalue weighted by atomic mass is 16.5. The topological polar surface area (TPSA) is 113 Å². The third-order valence-corrected chi connectivity index (χ3v) is 3.45. The Morgan fingerprint density at radius 1 is 1.38 bits per heavy atom. The second kappa shape index (κ2) is 4.73. The first-order valence-electron chi connectivity index (χ1n) is 6.35. The van der Waals surface area contributed by atoms with Crippen molar-refractivity contribution in [2.45, 2.75) is 33.1 Å². The number of ether oxygens (including phenoxy) is 2. The quantitative estimate of drug-likeness (QED) is 0.542. The first-order chi connectivity index (χ1) is 9.61. The number of aliphatic hydroxyl groups is 1. The summed E-state index contributed by atoms with van der Waals surface area (Å²) in [4.78, 5) is 35.8. The van der Waals surface area contributed by atoms with E-state index < -0.39 is 41.5 Å². The Balaban J connectivity index is 2.33. The summed E-state index contributed by atoms with van der Waals surface area (Å²) in [7, 11) is 1.09. The van der Waals surface area contributed by atoms with Gasteiger partial charge in [-0.05, 0) is 0 Å². The molecule has 21 heavy (non-hydrogen) atoms. The fraction of sp³-hybridized carbons (Fsp3) is 0.615. The van der Waals surface area contributed by atoms with Crippen LogP contribution in [0.4, 0.5) is 0 Å². The van der Waals surface area contributed by atoms with Gasteiger partial charge in [-0.15, -0.1) is 0 Å². The Labute approximate surface area is 120 Å². The van der Waals surface area contributed by atoms with Crippen LogP contribution in [0.5, 0.6) is 0 Å². The summed E-state index contributed by atoms with van der Waals surface area (Å²) in [6.45, 7) is 5.23. The van der Waals surface area contributed by atoms with Gasteiger partial charge < -0.3 is 19.7 Å². The van der Waals surface area contributed by atoms with Crippen molar-refractivity contribution in [3.05, 3.63) is 11.5 Å². The Morgan fingerprint density at radius 2 is 1.95 bits per heavy atom. The molecule has 0 saturated carbocycles. The molecular weight excluding hydrogens is 282 g/mol. The molecule has 3 atom stereocenters. The van der Waals surface area contributed by atoms with Crippen LogP contribution in [0.3, 0.4) is 0 Å². The van der Waals surface area contributed by atoms with E-state index in [0.717, 1.165) is 12.0 Å². The number of hydrogen-bond acceptors (Lipinski definition) is 6. The fourth-order valence-corrected chi connectivity index (χ4v) is 2.43. The number of carboxylic acids is 1. The SMILES string of the molecule is COC(=O)[C@@H](O)[C@H]1C(=O)N2C(C(=O)O)=C(C(C)(C)C)O[C@H]12. The Hall–Kier alpha value is -2.09. The first kappa shape index (κ1) is 15.3. The van der Waals surface area contributed by atoms with Gasteiger partial charge in [-0.3, -0.25) is 9.69 Å². The standard InChI is InChI=1S/C13H17NO7/c1-13(2,3)8-6(11(17)18)14-9(16)5(10(14)21-8)7(15)12(19)20-4/h5,7,10,15H,1-4H3,(H,17,18)/t5-,7-,10+/m0/s1. The first-order valence-corrected chi connectivity index (χ1v) is 6.35. The maximum atomic E-state index is 12.1. The number of amides is 1. The van der Waals surface area contributed by atoms with Gasteiger partial charge in [0.1, 0.15) is 11.7 Å². The number of allylic oxidation sites excluding steroid dienone is 1. The molecule has 1 fully saturated rings. The fourth-order valence-electron chi connectivity index (χ4n) is 2.43. The molecule has 2 rings (SSSR count). The summed E-state index contributed by atoms with van der Waals surface area (Å²) >= 11 is 0. The normalized spacial score (nSPS) is 26.0. The van der Waals surface area contributed by atoms with Crippen LogP contribution >= 0.6 is 0 Å². The van der Waals surface area contributed by atoms with Crippen molar-refractivity contribution in [2.75, 3.05) is 7.11 Å². The van der Waals surface area contributed by atoms with Crippen molar-refractivity contribution in [1.82, 2.24) is 4.90 Å². The minimum atomic E-state index is -1.68. The van der Waals surface area contributed by atoms with E-state index in [4.69, 9.17) is 4.74 Å². The number of carbonyl (C=O) groups is 3. The second-order valence-corrected chi connectivity index (χ2v) is 5.94. The average Bonchev–Trinajstić information content (AvgIpc) is 2.73.